The Labute approximate surface area is 291 Å². The summed E-state index contributed by atoms with van der Waals surface area (Å²) in [4.78, 5) is 46.5. The molecular formula is C34H50FN5O8S. The van der Waals surface area contributed by atoms with Crippen LogP contribution in [0.4, 0.5) is 4.39 Å². The first-order valence-electron chi connectivity index (χ1n) is 16.7. The molecule has 0 radical (unpaired) electrons. The highest BCUT2D eigenvalue weighted by Gasteiger charge is 2.53. The lowest BCUT2D eigenvalue weighted by Crippen LogP contribution is -2.59. The van der Waals surface area contributed by atoms with Crippen LogP contribution in [0.1, 0.15) is 51.3 Å². The zero-order valence-corrected chi connectivity index (χ0v) is 29.6. The number of nitrogens with zero attached hydrogens (tertiary/aromatic N) is 2. The molecule has 1 aliphatic heterocycles. The number of hydrogen-bond donors (Lipinski definition) is 4. The number of rotatable bonds is 19. The number of hydrogen-bond acceptors (Lipinski definition) is 11. The van der Waals surface area contributed by atoms with Gasteiger partial charge in [0.25, 0.3) is 5.91 Å². The van der Waals surface area contributed by atoms with Gasteiger partial charge >= 0.3 is 0 Å². The van der Waals surface area contributed by atoms with Gasteiger partial charge in [-0.3, -0.25) is 14.4 Å². The fraction of sp³-hybridized carbons (Fsp3) is 0.647. The molecule has 0 spiro atoms. The zero-order valence-electron chi connectivity index (χ0n) is 28.8. The van der Waals surface area contributed by atoms with Gasteiger partial charge in [-0.1, -0.05) is 32.9 Å². The third-order valence-corrected chi connectivity index (χ3v) is 9.35. The van der Waals surface area contributed by atoms with E-state index in [0.29, 0.717) is 57.5 Å². The highest BCUT2D eigenvalue weighted by atomic mass is 32.1. The van der Waals surface area contributed by atoms with Gasteiger partial charge in [-0.05, 0) is 36.8 Å². The van der Waals surface area contributed by atoms with Crippen molar-refractivity contribution in [2.45, 2.75) is 77.4 Å². The van der Waals surface area contributed by atoms with Gasteiger partial charge in [-0.25, -0.2) is 9.37 Å². The van der Waals surface area contributed by atoms with Gasteiger partial charge in [0.15, 0.2) is 5.67 Å². The van der Waals surface area contributed by atoms with E-state index in [-0.39, 0.29) is 39.0 Å². The summed E-state index contributed by atoms with van der Waals surface area (Å²) in [7, 11) is 0. The molecule has 15 heteroatoms. The van der Waals surface area contributed by atoms with Crippen molar-refractivity contribution in [3.63, 3.8) is 0 Å². The molecule has 13 nitrogen and oxygen atoms in total. The third kappa shape index (κ3) is 10.9. The standard InChI is InChI=1S/C34H50FN5O8S/c1-22-28(49-21-38-22)23-5-6-24(27(17-23)48-16-15-47-14-13-46-12-11-45-10-9-36)19-37-30(42)26-18-25(41)20-40(26)31(43)29(33(2,3)4)39-32(44)34(35)7-8-34/h5-6,17,21,25-26,29,41H,7-16,18-20,36H2,1-4H3,(H,37,42)(H,39,44)/t25-,26+,29-/m1/s1. The van der Waals surface area contributed by atoms with Crippen molar-refractivity contribution in [1.29, 1.82) is 0 Å². The molecule has 1 aliphatic carbocycles. The summed E-state index contributed by atoms with van der Waals surface area (Å²) in [5.74, 6) is -1.27. The molecule has 1 aromatic carbocycles. The van der Waals surface area contributed by atoms with Crippen molar-refractivity contribution >= 4 is 29.1 Å². The summed E-state index contributed by atoms with van der Waals surface area (Å²) in [6, 6.07) is 3.64. The number of carbonyl (C=O) groups is 3. The minimum atomic E-state index is -1.96. The Bertz CT molecular complexity index is 1420. The molecule has 3 amide bonds. The number of aromatic nitrogens is 1. The third-order valence-electron chi connectivity index (χ3n) is 8.37. The van der Waals surface area contributed by atoms with Crippen LogP contribution in [0.3, 0.4) is 0 Å². The summed E-state index contributed by atoms with van der Waals surface area (Å²) in [5.41, 5.74) is 6.95. The number of amides is 3. The van der Waals surface area contributed by atoms with E-state index in [4.69, 9.17) is 24.7 Å². The first kappa shape index (κ1) is 38.6. The maximum Gasteiger partial charge on any atom is 0.258 e. The van der Waals surface area contributed by atoms with Gasteiger partial charge in [0.2, 0.25) is 11.8 Å². The fourth-order valence-electron chi connectivity index (χ4n) is 5.41. The van der Waals surface area contributed by atoms with Crippen molar-refractivity contribution < 1.29 is 42.8 Å². The average molecular weight is 708 g/mol. The van der Waals surface area contributed by atoms with Gasteiger partial charge in [-0.2, -0.15) is 0 Å². The summed E-state index contributed by atoms with van der Waals surface area (Å²) in [6.45, 7) is 10.5. The van der Waals surface area contributed by atoms with Gasteiger partial charge < -0.3 is 45.3 Å². The molecule has 3 atom stereocenters. The number of aryl methyl sites for hydroxylation is 1. The Morgan fingerprint density at radius 2 is 1.76 bits per heavy atom. The second kappa shape index (κ2) is 17.6. The van der Waals surface area contributed by atoms with E-state index in [1.165, 1.54) is 16.2 Å². The van der Waals surface area contributed by atoms with Crippen LogP contribution < -0.4 is 21.1 Å². The lowest BCUT2D eigenvalue weighted by atomic mass is 9.85. The molecule has 2 aliphatic rings. The Kier molecular flexibility index (Phi) is 13.9. The molecule has 1 saturated heterocycles. The number of benzene rings is 1. The SMILES string of the molecule is Cc1ncsc1-c1ccc(CNC(=O)[C@@H]2C[C@@H](O)CN2C(=O)[C@@H](NC(=O)C2(F)CC2)C(C)(C)C)c(OCCOCCOCCOCCN)c1. The Balaban J connectivity index is 1.38. The number of nitrogens with two attached hydrogens (primary N) is 1. The van der Waals surface area contributed by atoms with Gasteiger partial charge in [0.1, 0.15) is 24.4 Å². The number of aliphatic hydroxyl groups excluding tert-OH is 1. The van der Waals surface area contributed by atoms with Crippen molar-refractivity contribution in [3.05, 3.63) is 35.0 Å². The van der Waals surface area contributed by atoms with E-state index in [2.05, 4.69) is 15.6 Å². The molecule has 2 fully saturated rings. The summed E-state index contributed by atoms with van der Waals surface area (Å²) in [5, 5.41) is 16.0. The Morgan fingerprint density at radius 1 is 1.10 bits per heavy atom. The second-order valence-electron chi connectivity index (χ2n) is 13.4. The number of likely N-dealkylation sites (tertiary alicyclic amines) is 1. The maximum absolute atomic E-state index is 14.5. The van der Waals surface area contributed by atoms with Crippen LogP contribution in [0.15, 0.2) is 23.7 Å². The molecule has 2 heterocycles. The number of ether oxygens (including phenoxy) is 4. The van der Waals surface area contributed by atoms with E-state index in [1.807, 2.05) is 25.1 Å². The molecule has 2 aromatic rings. The van der Waals surface area contributed by atoms with Crippen LogP contribution in [-0.2, 0) is 35.1 Å². The van der Waals surface area contributed by atoms with Gasteiger partial charge in [-0.15, -0.1) is 11.3 Å². The van der Waals surface area contributed by atoms with Gasteiger partial charge in [0, 0.05) is 31.6 Å². The Hall–Kier alpha value is -3.21. The quantitative estimate of drug-likeness (QED) is 0.158. The van der Waals surface area contributed by atoms with E-state index in [9.17, 15) is 23.9 Å². The maximum atomic E-state index is 14.5. The molecule has 0 unspecified atom stereocenters. The number of halogens is 1. The lowest BCUT2D eigenvalue weighted by Gasteiger charge is -2.35. The van der Waals surface area contributed by atoms with Crippen LogP contribution in [0, 0.1) is 12.3 Å². The largest absolute Gasteiger partial charge is 0.491 e. The van der Waals surface area contributed by atoms with Crippen LogP contribution in [-0.4, -0.2) is 116 Å². The zero-order chi connectivity index (χ0) is 35.6. The minimum Gasteiger partial charge on any atom is -0.491 e. The van der Waals surface area contributed by atoms with Crippen molar-refractivity contribution in [2.75, 3.05) is 59.3 Å². The van der Waals surface area contributed by atoms with Crippen LogP contribution in [0.5, 0.6) is 5.75 Å². The van der Waals surface area contributed by atoms with Crippen LogP contribution in [0.25, 0.3) is 10.4 Å². The van der Waals surface area contributed by atoms with Crippen LogP contribution in [0.2, 0.25) is 0 Å². The topological polar surface area (TPSA) is 175 Å². The number of β-amino-alcohol motifs (C(OH)–C–C–N with tert-alkyl or cyclic N) is 1. The van der Waals surface area contributed by atoms with Crippen LogP contribution >= 0.6 is 11.3 Å². The van der Waals surface area contributed by atoms with Gasteiger partial charge in [0.05, 0.1) is 61.8 Å². The first-order valence-corrected chi connectivity index (χ1v) is 17.6. The smallest absolute Gasteiger partial charge is 0.258 e. The number of carbonyl (C=O) groups excluding carboxylic acids is 3. The predicted molar refractivity (Wildman–Crippen MR) is 182 cm³/mol. The molecule has 49 heavy (non-hydrogen) atoms. The summed E-state index contributed by atoms with van der Waals surface area (Å²) in [6.07, 6.45) is -0.669. The number of nitrogens with one attached hydrogen (secondary N) is 2. The molecule has 0 bridgehead atoms. The molecule has 4 rings (SSSR count). The molecule has 1 aromatic heterocycles. The monoisotopic (exact) mass is 707 g/mol. The molecule has 1 saturated carbocycles. The number of thiazole rings is 1. The Morgan fingerprint density at radius 3 is 2.35 bits per heavy atom. The molecular weight excluding hydrogens is 657 g/mol. The number of aliphatic hydroxyl groups is 1. The van der Waals surface area contributed by atoms with E-state index >= 15 is 0 Å². The summed E-state index contributed by atoms with van der Waals surface area (Å²) < 4.78 is 37.0. The lowest BCUT2D eigenvalue weighted by molar-refractivity contribution is -0.145. The summed E-state index contributed by atoms with van der Waals surface area (Å²) >= 11 is 1.51. The van der Waals surface area contributed by atoms with E-state index < -0.39 is 47.0 Å². The van der Waals surface area contributed by atoms with Crippen molar-refractivity contribution in [3.8, 4) is 16.2 Å². The van der Waals surface area contributed by atoms with Crippen molar-refractivity contribution in [2.24, 2.45) is 11.1 Å². The normalized spacial score (nSPS) is 19.0. The minimum absolute atomic E-state index is 0.0319. The second-order valence-corrected chi connectivity index (χ2v) is 14.3. The number of alkyl halides is 1. The average Bonchev–Trinajstić information content (AvgIpc) is 3.47. The highest BCUT2D eigenvalue weighted by molar-refractivity contribution is 7.13. The van der Waals surface area contributed by atoms with E-state index in [0.717, 1.165) is 16.1 Å². The first-order chi connectivity index (χ1) is 23.3. The molecule has 5 N–H and O–H groups in total. The highest BCUT2D eigenvalue weighted by Crippen LogP contribution is 2.40. The fourth-order valence-corrected chi connectivity index (χ4v) is 6.21. The van der Waals surface area contributed by atoms with Crippen molar-refractivity contribution in [1.82, 2.24) is 20.5 Å². The molecule has 272 valence electrons. The van der Waals surface area contributed by atoms with E-state index in [1.54, 1.807) is 26.3 Å². The predicted octanol–water partition coefficient (Wildman–Crippen LogP) is 2.12.